The lowest BCUT2D eigenvalue weighted by molar-refractivity contribution is 0.0767. The van der Waals surface area contributed by atoms with E-state index >= 15 is 0 Å². The van der Waals surface area contributed by atoms with E-state index in [1.807, 2.05) is 19.9 Å². The molecule has 1 rings (SSSR count). The zero-order valence-electron chi connectivity index (χ0n) is 11.4. The summed E-state index contributed by atoms with van der Waals surface area (Å²) in [5.41, 5.74) is 1.47. The minimum Gasteiger partial charge on any atom is -0.395 e. The molecule has 5 heteroatoms. The average molecular weight is 251 g/mol. The first-order chi connectivity index (χ1) is 8.49. The Morgan fingerprint density at radius 1 is 1.50 bits per heavy atom. The van der Waals surface area contributed by atoms with Gasteiger partial charge in [0.05, 0.1) is 6.61 Å². The molecule has 0 atom stereocenters. The summed E-state index contributed by atoms with van der Waals surface area (Å²) in [4.78, 5) is 18.0. The summed E-state index contributed by atoms with van der Waals surface area (Å²) in [7, 11) is 3.45. The summed E-state index contributed by atoms with van der Waals surface area (Å²) in [6.45, 7) is 4.36. The molecule has 0 aromatic carbocycles. The molecular formula is C13H21N3O2. The maximum absolute atomic E-state index is 12.1. The quantitative estimate of drug-likeness (QED) is 0.828. The number of nitrogens with one attached hydrogen (secondary N) is 1. The topological polar surface area (TPSA) is 65.5 Å². The van der Waals surface area contributed by atoms with Gasteiger partial charge in [-0.1, -0.05) is 13.8 Å². The predicted molar refractivity (Wildman–Crippen MR) is 71.9 cm³/mol. The van der Waals surface area contributed by atoms with Gasteiger partial charge in [-0.25, -0.2) is 4.98 Å². The van der Waals surface area contributed by atoms with Crippen LogP contribution in [-0.2, 0) is 0 Å². The smallest absolute Gasteiger partial charge is 0.253 e. The number of carbonyl (C=O) groups is 1. The van der Waals surface area contributed by atoms with Crippen molar-refractivity contribution in [2.75, 3.05) is 32.6 Å². The van der Waals surface area contributed by atoms with Crippen LogP contribution in [0, 0.1) is 0 Å². The van der Waals surface area contributed by atoms with Crippen molar-refractivity contribution in [3.63, 3.8) is 0 Å². The fourth-order valence-corrected chi connectivity index (χ4v) is 1.57. The van der Waals surface area contributed by atoms with Crippen LogP contribution >= 0.6 is 0 Å². The molecular weight excluding hydrogens is 230 g/mol. The summed E-state index contributed by atoms with van der Waals surface area (Å²) in [6, 6.07) is 3.53. The minimum atomic E-state index is -0.107. The van der Waals surface area contributed by atoms with Gasteiger partial charge < -0.3 is 15.3 Å². The highest BCUT2D eigenvalue weighted by Crippen LogP contribution is 2.18. The lowest BCUT2D eigenvalue weighted by Gasteiger charge is -2.17. The third kappa shape index (κ3) is 3.43. The predicted octanol–water partition coefficient (Wildman–Crippen LogP) is 1.31. The number of aliphatic hydroxyl groups excluding tert-OH is 1. The summed E-state index contributed by atoms with van der Waals surface area (Å²) < 4.78 is 0. The number of anilines is 1. The second-order valence-electron chi connectivity index (χ2n) is 4.52. The van der Waals surface area contributed by atoms with Crippen molar-refractivity contribution in [3.05, 3.63) is 23.4 Å². The third-order valence-corrected chi connectivity index (χ3v) is 2.72. The molecule has 18 heavy (non-hydrogen) atoms. The molecule has 0 bridgehead atoms. The number of hydrogen-bond acceptors (Lipinski definition) is 4. The molecule has 2 N–H and O–H groups in total. The van der Waals surface area contributed by atoms with E-state index in [1.165, 1.54) is 4.90 Å². The lowest BCUT2D eigenvalue weighted by atomic mass is 10.1. The van der Waals surface area contributed by atoms with Crippen molar-refractivity contribution in [3.8, 4) is 0 Å². The maximum Gasteiger partial charge on any atom is 0.253 e. The zero-order valence-corrected chi connectivity index (χ0v) is 11.4. The number of aliphatic hydroxyl groups is 1. The van der Waals surface area contributed by atoms with Crippen LogP contribution in [0.2, 0.25) is 0 Å². The fraction of sp³-hybridized carbons (Fsp3) is 0.538. The highest BCUT2D eigenvalue weighted by molar-refractivity contribution is 5.94. The Morgan fingerprint density at radius 3 is 2.67 bits per heavy atom. The Labute approximate surface area is 108 Å². The molecule has 0 aliphatic rings. The standard InChI is InChI=1S/C13H21N3O2/c1-9(2)11-7-10(8-12(14-3)15-11)13(18)16(4)5-6-17/h7-9,17H,5-6H2,1-4H3,(H,14,15). The van der Waals surface area contributed by atoms with Crippen molar-refractivity contribution in [1.82, 2.24) is 9.88 Å². The number of aromatic nitrogens is 1. The lowest BCUT2D eigenvalue weighted by Crippen LogP contribution is -2.29. The molecule has 0 saturated carbocycles. The van der Waals surface area contributed by atoms with Crippen LogP contribution in [0.15, 0.2) is 12.1 Å². The highest BCUT2D eigenvalue weighted by atomic mass is 16.3. The molecule has 0 saturated heterocycles. The first-order valence-electron chi connectivity index (χ1n) is 6.05. The van der Waals surface area contributed by atoms with E-state index in [9.17, 15) is 4.79 Å². The van der Waals surface area contributed by atoms with Gasteiger partial charge in [0.25, 0.3) is 5.91 Å². The van der Waals surface area contributed by atoms with Crippen LogP contribution in [0.4, 0.5) is 5.82 Å². The van der Waals surface area contributed by atoms with E-state index in [4.69, 9.17) is 5.11 Å². The number of pyridine rings is 1. The van der Waals surface area contributed by atoms with Gasteiger partial charge in [-0.15, -0.1) is 0 Å². The molecule has 5 nitrogen and oxygen atoms in total. The monoisotopic (exact) mass is 251 g/mol. The molecule has 1 aromatic heterocycles. The van der Waals surface area contributed by atoms with Gasteiger partial charge in [0.15, 0.2) is 0 Å². The van der Waals surface area contributed by atoms with Crippen LogP contribution in [0.3, 0.4) is 0 Å². The normalized spacial score (nSPS) is 10.6. The molecule has 0 aliphatic carbocycles. The molecule has 100 valence electrons. The van der Waals surface area contributed by atoms with Crippen LogP contribution in [0.1, 0.15) is 35.8 Å². The molecule has 1 amide bonds. The number of nitrogens with zero attached hydrogens (tertiary/aromatic N) is 2. The Balaban J connectivity index is 3.07. The van der Waals surface area contributed by atoms with Crippen molar-refractivity contribution >= 4 is 11.7 Å². The maximum atomic E-state index is 12.1. The van der Waals surface area contributed by atoms with E-state index in [0.717, 1.165) is 5.69 Å². The van der Waals surface area contributed by atoms with Crippen molar-refractivity contribution in [2.45, 2.75) is 19.8 Å². The second kappa shape index (κ2) is 6.35. The van der Waals surface area contributed by atoms with Crippen LogP contribution in [0.25, 0.3) is 0 Å². The summed E-state index contributed by atoms with van der Waals surface area (Å²) in [5.74, 6) is 0.833. The summed E-state index contributed by atoms with van der Waals surface area (Å²) >= 11 is 0. The van der Waals surface area contributed by atoms with Crippen LogP contribution in [0.5, 0.6) is 0 Å². The summed E-state index contributed by atoms with van der Waals surface area (Å²) in [5, 5.41) is 11.8. The van der Waals surface area contributed by atoms with E-state index in [1.54, 1.807) is 20.2 Å². The second-order valence-corrected chi connectivity index (χ2v) is 4.52. The number of carbonyl (C=O) groups excluding carboxylic acids is 1. The first kappa shape index (κ1) is 14.4. The van der Waals surface area contributed by atoms with E-state index in [2.05, 4.69) is 10.3 Å². The van der Waals surface area contributed by atoms with Crippen molar-refractivity contribution in [2.24, 2.45) is 0 Å². The van der Waals surface area contributed by atoms with Gasteiger partial charge >= 0.3 is 0 Å². The number of amides is 1. The van der Waals surface area contributed by atoms with Gasteiger partial charge in [-0.2, -0.15) is 0 Å². The molecule has 0 spiro atoms. The van der Waals surface area contributed by atoms with Gasteiger partial charge in [-0.05, 0) is 18.1 Å². The number of hydrogen-bond donors (Lipinski definition) is 2. The summed E-state index contributed by atoms with van der Waals surface area (Å²) in [6.07, 6.45) is 0. The Bertz CT molecular complexity index is 419. The van der Waals surface area contributed by atoms with Crippen LogP contribution < -0.4 is 5.32 Å². The van der Waals surface area contributed by atoms with Crippen LogP contribution in [-0.4, -0.2) is 48.1 Å². The SMILES string of the molecule is CNc1cc(C(=O)N(C)CCO)cc(C(C)C)n1. The molecule has 0 aliphatic heterocycles. The van der Waals surface area contributed by atoms with Crippen molar-refractivity contribution in [1.29, 1.82) is 0 Å². The van der Waals surface area contributed by atoms with E-state index in [0.29, 0.717) is 17.9 Å². The molecule has 0 unspecified atom stereocenters. The third-order valence-electron chi connectivity index (χ3n) is 2.72. The van der Waals surface area contributed by atoms with E-state index in [-0.39, 0.29) is 18.4 Å². The number of likely N-dealkylation sites (N-methyl/N-ethyl adjacent to an activating group) is 1. The molecule has 0 radical (unpaired) electrons. The average Bonchev–Trinajstić information content (AvgIpc) is 2.37. The molecule has 1 heterocycles. The first-order valence-corrected chi connectivity index (χ1v) is 6.05. The Kier molecular flexibility index (Phi) is 5.09. The van der Waals surface area contributed by atoms with Gasteiger partial charge in [0.2, 0.25) is 0 Å². The van der Waals surface area contributed by atoms with E-state index < -0.39 is 0 Å². The Hall–Kier alpha value is -1.62. The zero-order chi connectivity index (χ0) is 13.7. The van der Waals surface area contributed by atoms with Crippen molar-refractivity contribution < 1.29 is 9.90 Å². The largest absolute Gasteiger partial charge is 0.395 e. The Morgan fingerprint density at radius 2 is 2.17 bits per heavy atom. The van der Waals surface area contributed by atoms with Gasteiger partial charge in [0, 0.05) is 31.9 Å². The fourth-order valence-electron chi connectivity index (χ4n) is 1.57. The number of rotatable bonds is 5. The van der Waals surface area contributed by atoms with Gasteiger partial charge in [-0.3, -0.25) is 4.79 Å². The minimum absolute atomic E-state index is 0.0384. The molecule has 1 aromatic rings. The van der Waals surface area contributed by atoms with Gasteiger partial charge in [0.1, 0.15) is 5.82 Å². The highest BCUT2D eigenvalue weighted by Gasteiger charge is 2.14. The molecule has 0 fully saturated rings.